The molecule has 13 rings (SSSR count). The monoisotopic (exact) mass is 833 g/mol. The first-order valence-corrected chi connectivity index (χ1v) is 23.2. The normalized spacial score (nSPS) is 14.0. The number of thiophene rings is 1. The van der Waals surface area contributed by atoms with Gasteiger partial charge in [0.1, 0.15) is 0 Å². The molecule has 0 N–H and O–H groups in total. The molecule has 2 aliphatic rings. The predicted octanol–water partition coefficient (Wildman–Crippen LogP) is 17.0. The Morgan fingerprint density at radius 2 is 0.875 bits per heavy atom. The molecule has 0 saturated heterocycles. The van der Waals surface area contributed by atoms with Crippen molar-refractivity contribution in [2.24, 2.45) is 0 Å². The molecule has 302 valence electrons. The average Bonchev–Trinajstić information content (AvgIpc) is 3.96. The number of fused-ring (bicyclic) bond motifs is 11. The summed E-state index contributed by atoms with van der Waals surface area (Å²) in [6.07, 6.45) is 0. The maximum Gasteiger partial charge on any atom is 0.0714 e. The van der Waals surface area contributed by atoms with Gasteiger partial charge in [0.15, 0.2) is 0 Å². The van der Waals surface area contributed by atoms with Crippen molar-refractivity contribution in [3.05, 3.63) is 258 Å². The SMILES string of the molecule is CC1(C)c2ccccc2-c2ccc(N(c3ccc4c(c3)C(c3ccccc3)(c3ccccc3)c3ccccc3-4)c3c(-c4ccccc4)c4c5ccccc5sc4c4ccccc34)cc21. The van der Waals surface area contributed by atoms with Crippen LogP contribution in [0.2, 0.25) is 0 Å². The fraction of sp³-hybridized carbons (Fsp3) is 0.0645. The molecule has 1 heterocycles. The van der Waals surface area contributed by atoms with Gasteiger partial charge in [0.05, 0.1) is 11.1 Å². The smallest absolute Gasteiger partial charge is 0.0714 e. The molecule has 10 aromatic carbocycles. The summed E-state index contributed by atoms with van der Waals surface area (Å²) in [6.45, 7) is 4.78. The predicted molar refractivity (Wildman–Crippen MR) is 272 cm³/mol. The van der Waals surface area contributed by atoms with Gasteiger partial charge in [-0.15, -0.1) is 11.3 Å². The van der Waals surface area contributed by atoms with Crippen LogP contribution in [-0.2, 0) is 10.8 Å². The van der Waals surface area contributed by atoms with Crippen molar-refractivity contribution in [1.82, 2.24) is 0 Å². The van der Waals surface area contributed by atoms with Crippen molar-refractivity contribution in [3.8, 4) is 33.4 Å². The number of anilines is 3. The lowest BCUT2D eigenvalue weighted by Gasteiger charge is -2.35. The zero-order valence-corrected chi connectivity index (χ0v) is 36.5. The Balaban J connectivity index is 1.19. The van der Waals surface area contributed by atoms with Crippen LogP contribution in [0.25, 0.3) is 64.3 Å². The minimum atomic E-state index is -0.546. The Labute approximate surface area is 378 Å². The van der Waals surface area contributed by atoms with E-state index in [-0.39, 0.29) is 5.41 Å². The third-order valence-corrected chi connectivity index (χ3v) is 15.5. The van der Waals surface area contributed by atoms with E-state index >= 15 is 0 Å². The summed E-state index contributed by atoms with van der Waals surface area (Å²) in [4.78, 5) is 2.61. The molecule has 11 aromatic rings. The first kappa shape index (κ1) is 37.1. The molecule has 1 nitrogen and oxygen atoms in total. The second kappa shape index (κ2) is 14.0. The highest BCUT2D eigenvalue weighted by atomic mass is 32.1. The molecule has 1 aromatic heterocycles. The summed E-state index contributed by atoms with van der Waals surface area (Å²) in [6, 6.07) is 84.1. The van der Waals surface area contributed by atoms with Crippen molar-refractivity contribution >= 4 is 59.3 Å². The van der Waals surface area contributed by atoms with Crippen molar-refractivity contribution in [3.63, 3.8) is 0 Å². The standard InChI is InChI=1S/C62H43NS/c1-61(2)52-31-17-14-26-45(52)47-36-34-43(38-54(47)61)63(59-49-28-12-13-29-50(49)60-58(51-30-16-19-33-56(51)64-60)57(59)40-20-6-3-7-21-40)44-35-37-48-46-27-15-18-32-53(46)62(55(48)39-44,41-22-8-4-9-23-41)42-24-10-5-11-25-42/h3-39H,1-2H3. The van der Waals surface area contributed by atoms with Crippen molar-refractivity contribution < 1.29 is 0 Å². The molecule has 0 spiro atoms. The van der Waals surface area contributed by atoms with Crippen molar-refractivity contribution in [1.29, 1.82) is 0 Å². The van der Waals surface area contributed by atoms with Gasteiger partial charge in [0.25, 0.3) is 0 Å². The van der Waals surface area contributed by atoms with Gasteiger partial charge in [-0.3, -0.25) is 0 Å². The molecular formula is C62H43NS. The molecule has 0 atom stereocenters. The first-order chi connectivity index (χ1) is 31.5. The average molecular weight is 834 g/mol. The minimum absolute atomic E-state index is 0.180. The maximum atomic E-state index is 2.61. The zero-order valence-electron chi connectivity index (χ0n) is 35.7. The minimum Gasteiger partial charge on any atom is -0.309 e. The topological polar surface area (TPSA) is 3.24 Å². The molecule has 2 heteroatoms. The van der Waals surface area contributed by atoms with Gasteiger partial charge in [-0.05, 0) is 91.5 Å². The van der Waals surface area contributed by atoms with E-state index in [0.717, 1.165) is 11.4 Å². The summed E-state index contributed by atoms with van der Waals surface area (Å²) >= 11 is 1.91. The van der Waals surface area contributed by atoms with E-state index in [2.05, 4.69) is 243 Å². The van der Waals surface area contributed by atoms with E-state index in [1.807, 2.05) is 11.3 Å². The maximum absolute atomic E-state index is 2.61. The highest BCUT2D eigenvalue weighted by Crippen LogP contribution is 2.59. The molecule has 2 aliphatic carbocycles. The van der Waals surface area contributed by atoms with Crippen LogP contribution in [0, 0.1) is 0 Å². The summed E-state index contributed by atoms with van der Waals surface area (Å²) in [7, 11) is 0. The lowest BCUT2D eigenvalue weighted by molar-refractivity contribution is 0.660. The highest BCUT2D eigenvalue weighted by molar-refractivity contribution is 7.26. The Hall–Kier alpha value is -7.52. The number of hydrogen-bond acceptors (Lipinski definition) is 2. The van der Waals surface area contributed by atoms with Gasteiger partial charge in [-0.2, -0.15) is 0 Å². The van der Waals surface area contributed by atoms with Crippen LogP contribution in [0.3, 0.4) is 0 Å². The van der Waals surface area contributed by atoms with Crippen molar-refractivity contribution in [2.75, 3.05) is 4.90 Å². The summed E-state index contributed by atoms with van der Waals surface area (Å²) < 4.78 is 2.62. The summed E-state index contributed by atoms with van der Waals surface area (Å²) in [5, 5.41) is 5.08. The second-order valence-electron chi connectivity index (χ2n) is 17.9. The third-order valence-electron chi connectivity index (χ3n) is 14.3. The number of nitrogens with zero attached hydrogens (tertiary/aromatic N) is 1. The summed E-state index contributed by atoms with van der Waals surface area (Å²) in [5.41, 5.74) is 18.2. The molecule has 0 radical (unpaired) electrons. The van der Waals surface area contributed by atoms with Gasteiger partial charge in [-0.1, -0.05) is 208 Å². The van der Waals surface area contributed by atoms with E-state index in [1.165, 1.54) is 103 Å². The van der Waals surface area contributed by atoms with Crippen LogP contribution in [0.4, 0.5) is 17.1 Å². The van der Waals surface area contributed by atoms with Gasteiger partial charge in [0.2, 0.25) is 0 Å². The Bertz CT molecular complexity index is 3600. The molecule has 64 heavy (non-hydrogen) atoms. The second-order valence-corrected chi connectivity index (χ2v) is 19.0. The largest absolute Gasteiger partial charge is 0.309 e. The zero-order chi connectivity index (χ0) is 42.6. The molecular weight excluding hydrogens is 791 g/mol. The van der Waals surface area contributed by atoms with E-state index < -0.39 is 5.41 Å². The molecule has 0 amide bonds. The van der Waals surface area contributed by atoms with E-state index in [9.17, 15) is 0 Å². The lowest BCUT2D eigenvalue weighted by atomic mass is 9.67. The Morgan fingerprint density at radius 3 is 1.55 bits per heavy atom. The van der Waals surface area contributed by atoms with Crippen LogP contribution < -0.4 is 4.90 Å². The Kier molecular flexibility index (Phi) is 8.11. The fourth-order valence-electron chi connectivity index (χ4n) is 11.6. The first-order valence-electron chi connectivity index (χ1n) is 22.3. The van der Waals surface area contributed by atoms with Gasteiger partial charge < -0.3 is 4.90 Å². The summed E-state index contributed by atoms with van der Waals surface area (Å²) in [5.74, 6) is 0. The van der Waals surface area contributed by atoms with Gasteiger partial charge >= 0.3 is 0 Å². The van der Waals surface area contributed by atoms with Crippen LogP contribution >= 0.6 is 11.3 Å². The number of hydrogen-bond donors (Lipinski definition) is 0. The molecule has 0 fully saturated rings. The fourth-order valence-corrected chi connectivity index (χ4v) is 12.8. The highest BCUT2D eigenvalue weighted by Gasteiger charge is 2.46. The van der Waals surface area contributed by atoms with E-state index in [0.29, 0.717) is 0 Å². The van der Waals surface area contributed by atoms with Crippen LogP contribution in [0.5, 0.6) is 0 Å². The van der Waals surface area contributed by atoms with Crippen LogP contribution in [0.1, 0.15) is 47.2 Å². The van der Waals surface area contributed by atoms with Crippen LogP contribution in [0.15, 0.2) is 224 Å². The number of benzene rings is 10. The molecule has 0 aliphatic heterocycles. The molecule has 0 unspecified atom stereocenters. The van der Waals surface area contributed by atoms with E-state index in [1.54, 1.807) is 0 Å². The molecule has 0 saturated carbocycles. The van der Waals surface area contributed by atoms with E-state index in [4.69, 9.17) is 0 Å². The lowest BCUT2D eigenvalue weighted by Crippen LogP contribution is -2.28. The Morgan fingerprint density at radius 1 is 0.391 bits per heavy atom. The van der Waals surface area contributed by atoms with Crippen LogP contribution in [-0.4, -0.2) is 0 Å². The van der Waals surface area contributed by atoms with Gasteiger partial charge in [0, 0.05) is 53.3 Å². The number of rotatable bonds is 6. The third kappa shape index (κ3) is 5.12. The van der Waals surface area contributed by atoms with Gasteiger partial charge in [-0.25, -0.2) is 0 Å². The quantitative estimate of drug-likeness (QED) is 0.161. The van der Waals surface area contributed by atoms with Crippen molar-refractivity contribution in [2.45, 2.75) is 24.7 Å². The molecule has 0 bridgehead atoms.